The Labute approximate surface area is 108 Å². The monoisotopic (exact) mass is 250 g/mol. The van der Waals surface area contributed by atoms with E-state index in [4.69, 9.17) is 5.84 Å². The van der Waals surface area contributed by atoms with E-state index in [-0.39, 0.29) is 11.4 Å². The van der Waals surface area contributed by atoms with Gasteiger partial charge in [0.05, 0.1) is 17.4 Å². The minimum atomic E-state index is -0.147. The van der Waals surface area contributed by atoms with Crippen molar-refractivity contribution in [2.75, 3.05) is 5.43 Å². The molecule has 5 heteroatoms. The highest BCUT2D eigenvalue weighted by Gasteiger charge is 2.27. The number of amides is 1. The molecule has 0 saturated carbocycles. The minimum absolute atomic E-state index is 0.115. The largest absolute Gasteiger partial charge is 0.347 e. The number of anilines is 1. The van der Waals surface area contributed by atoms with Gasteiger partial charge in [-0.05, 0) is 25.3 Å². The fourth-order valence-corrected chi connectivity index (χ4v) is 2.03. The van der Waals surface area contributed by atoms with Crippen molar-refractivity contribution < 1.29 is 4.79 Å². The standard InChI is InChI=1S/C13H22N4O/c1-4-13(5-2,6-3)16-12(18)10-7-8-15-9-11(10)17-14/h7-9,17H,4-6,14H2,1-3H3,(H,16,18). The molecular formula is C13H22N4O. The first-order valence-corrected chi connectivity index (χ1v) is 6.35. The van der Waals surface area contributed by atoms with Gasteiger partial charge in [0.25, 0.3) is 5.91 Å². The van der Waals surface area contributed by atoms with Gasteiger partial charge in [0, 0.05) is 11.7 Å². The highest BCUT2D eigenvalue weighted by Crippen LogP contribution is 2.21. The number of nitrogen functional groups attached to an aromatic ring is 1. The van der Waals surface area contributed by atoms with E-state index in [1.165, 1.54) is 0 Å². The van der Waals surface area contributed by atoms with Crippen molar-refractivity contribution in [2.24, 2.45) is 5.84 Å². The summed E-state index contributed by atoms with van der Waals surface area (Å²) in [6.07, 6.45) is 5.84. The van der Waals surface area contributed by atoms with E-state index in [9.17, 15) is 4.79 Å². The summed E-state index contributed by atoms with van der Waals surface area (Å²) in [4.78, 5) is 16.2. The summed E-state index contributed by atoms with van der Waals surface area (Å²) in [7, 11) is 0. The van der Waals surface area contributed by atoms with Crippen molar-refractivity contribution in [3.8, 4) is 0 Å². The minimum Gasteiger partial charge on any atom is -0.347 e. The zero-order valence-electron chi connectivity index (χ0n) is 11.3. The van der Waals surface area contributed by atoms with Crippen LogP contribution in [0.4, 0.5) is 5.69 Å². The number of carbonyl (C=O) groups is 1. The van der Waals surface area contributed by atoms with Gasteiger partial charge < -0.3 is 10.7 Å². The number of rotatable bonds is 6. The molecule has 0 atom stereocenters. The third kappa shape index (κ3) is 2.98. The van der Waals surface area contributed by atoms with E-state index >= 15 is 0 Å². The molecule has 0 aliphatic heterocycles. The first kappa shape index (κ1) is 14.4. The molecule has 0 radical (unpaired) electrons. The van der Waals surface area contributed by atoms with Gasteiger partial charge >= 0.3 is 0 Å². The molecule has 0 aliphatic carbocycles. The van der Waals surface area contributed by atoms with Gasteiger partial charge in [-0.1, -0.05) is 20.8 Å². The molecule has 0 saturated heterocycles. The maximum atomic E-state index is 12.3. The second-order valence-corrected chi connectivity index (χ2v) is 4.36. The van der Waals surface area contributed by atoms with E-state index in [1.54, 1.807) is 18.5 Å². The molecular weight excluding hydrogens is 228 g/mol. The van der Waals surface area contributed by atoms with Crippen LogP contribution < -0.4 is 16.6 Å². The number of nitrogens with zero attached hydrogens (tertiary/aromatic N) is 1. The van der Waals surface area contributed by atoms with Crippen molar-refractivity contribution in [3.63, 3.8) is 0 Å². The number of hydrazine groups is 1. The molecule has 1 aromatic rings. The normalized spacial score (nSPS) is 11.1. The molecule has 0 unspecified atom stereocenters. The number of hydrogen-bond donors (Lipinski definition) is 3. The van der Waals surface area contributed by atoms with Crippen LogP contribution in [0, 0.1) is 0 Å². The molecule has 1 rings (SSSR count). The number of nitrogens with one attached hydrogen (secondary N) is 2. The molecule has 0 bridgehead atoms. The number of carbonyl (C=O) groups excluding carboxylic acids is 1. The van der Waals surface area contributed by atoms with Gasteiger partial charge in [-0.15, -0.1) is 0 Å². The van der Waals surface area contributed by atoms with Crippen molar-refractivity contribution in [1.29, 1.82) is 0 Å². The van der Waals surface area contributed by atoms with Crippen molar-refractivity contribution in [3.05, 3.63) is 24.0 Å². The topological polar surface area (TPSA) is 80.0 Å². The predicted molar refractivity (Wildman–Crippen MR) is 73.1 cm³/mol. The summed E-state index contributed by atoms with van der Waals surface area (Å²) in [5, 5.41) is 3.11. The molecule has 0 aliphatic rings. The number of pyridine rings is 1. The number of nitrogens with two attached hydrogens (primary N) is 1. The lowest BCUT2D eigenvalue weighted by molar-refractivity contribution is 0.0889. The summed E-state index contributed by atoms with van der Waals surface area (Å²) in [6.45, 7) is 6.26. The lowest BCUT2D eigenvalue weighted by Crippen LogP contribution is -2.47. The van der Waals surface area contributed by atoms with Crippen LogP contribution >= 0.6 is 0 Å². The Morgan fingerprint density at radius 2 is 1.94 bits per heavy atom. The van der Waals surface area contributed by atoms with E-state index in [2.05, 4.69) is 36.5 Å². The zero-order chi connectivity index (χ0) is 13.6. The van der Waals surface area contributed by atoms with Crippen LogP contribution in [-0.4, -0.2) is 16.4 Å². The Morgan fingerprint density at radius 1 is 1.33 bits per heavy atom. The fourth-order valence-electron chi connectivity index (χ4n) is 2.03. The summed E-state index contributed by atoms with van der Waals surface area (Å²) in [5.41, 5.74) is 3.40. The fraction of sp³-hybridized carbons (Fsp3) is 0.538. The zero-order valence-corrected chi connectivity index (χ0v) is 11.3. The Balaban J connectivity index is 2.94. The number of hydrogen-bond acceptors (Lipinski definition) is 4. The van der Waals surface area contributed by atoms with Gasteiger partial charge in [0.2, 0.25) is 0 Å². The van der Waals surface area contributed by atoms with Gasteiger partial charge in [-0.2, -0.15) is 0 Å². The molecule has 1 aromatic heterocycles. The average Bonchev–Trinajstić information content (AvgIpc) is 2.44. The predicted octanol–water partition coefficient (Wildman–Crippen LogP) is 2.07. The Bertz CT molecular complexity index is 393. The van der Waals surface area contributed by atoms with Crippen LogP contribution in [-0.2, 0) is 0 Å². The quantitative estimate of drug-likeness (QED) is 0.533. The van der Waals surface area contributed by atoms with Gasteiger partial charge in [0.1, 0.15) is 0 Å². The van der Waals surface area contributed by atoms with E-state index in [1.807, 2.05) is 0 Å². The summed E-state index contributed by atoms with van der Waals surface area (Å²) >= 11 is 0. The third-order valence-electron chi connectivity index (χ3n) is 3.63. The molecule has 1 amide bonds. The Kier molecular flexibility index (Phi) is 5.09. The SMILES string of the molecule is CCC(CC)(CC)NC(=O)c1ccncc1NN. The van der Waals surface area contributed by atoms with Crippen molar-refractivity contribution in [2.45, 2.75) is 45.6 Å². The molecule has 100 valence electrons. The Hall–Kier alpha value is -1.62. The second-order valence-electron chi connectivity index (χ2n) is 4.36. The molecule has 5 nitrogen and oxygen atoms in total. The second kappa shape index (κ2) is 6.35. The van der Waals surface area contributed by atoms with Gasteiger partial charge in [-0.25, -0.2) is 0 Å². The van der Waals surface area contributed by atoms with Crippen molar-refractivity contribution >= 4 is 11.6 Å². The third-order valence-corrected chi connectivity index (χ3v) is 3.63. The maximum Gasteiger partial charge on any atom is 0.253 e. The lowest BCUT2D eigenvalue weighted by atomic mass is 9.89. The maximum absolute atomic E-state index is 12.3. The molecule has 1 heterocycles. The summed E-state index contributed by atoms with van der Waals surface area (Å²) < 4.78 is 0. The molecule has 18 heavy (non-hydrogen) atoms. The highest BCUT2D eigenvalue weighted by atomic mass is 16.1. The van der Waals surface area contributed by atoms with E-state index in [0.29, 0.717) is 11.3 Å². The van der Waals surface area contributed by atoms with E-state index < -0.39 is 0 Å². The number of aromatic nitrogens is 1. The lowest BCUT2D eigenvalue weighted by Gasteiger charge is -2.32. The van der Waals surface area contributed by atoms with Crippen LogP contribution in [0.5, 0.6) is 0 Å². The average molecular weight is 250 g/mol. The van der Waals surface area contributed by atoms with Crippen LogP contribution in [0.2, 0.25) is 0 Å². The first-order chi connectivity index (χ1) is 8.62. The van der Waals surface area contributed by atoms with E-state index in [0.717, 1.165) is 19.3 Å². The van der Waals surface area contributed by atoms with Gasteiger partial charge in [-0.3, -0.25) is 15.6 Å². The molecule has 4 N–H and O–H groups in total. The summed E-state index contributed by atoms with van der Waals surface area (Å²) in [5.74, 6) is 5.26. The van der Waals surface area contributed by atoms with Crippen LogP contribution in [0.3, 0.4) is 0 Å². The van der Waals surface area contributed by atoms with Gasteiger partial charge in [0.15, 0.2) is 0 Å². The molecule has 0 aromatic carbocycles. The van der Waals surface area contributed by atoms with Crippen molar-refractivity contribution in [1.82, 2.24) is 10.3 Å². The Morgan fingerprint density at radius 3 is 2.44 bits per heavy atom. The van der Waals surface area contributed by atoms with Crippen LogP contribution in [0.1, 0.15) is 50.4 Å². The molecule has 0 spiro atoms. The highest BCUT2D eigenvalue weighted by molar-refractivity contribution is 5.99. The summed E-state index contributed by atoms with van der Waals surface area (Å²) in [6, 6.07) is 1.66. The first-order valence-electron chi connectivity index (χ1n) is 6.35. The molecule has 0 fully saturated rings. The smallest absolute Gasteiger partial charge is 0.253 e. The van der Waals surface area contributed by atoms with Crippen LogP contribution in [0.25, 0.3) is 0 Å². The van der Waals surface area contributed by atoms with Crippen LogP contribution in [0.15, 0.2) is 18.5 Å².